The summed E-state index contributed by atoms with van der Waals surface area (Å²) in [6.45, 7) is 4.81. The Morgan fingerprint density at radius 1 is 1.07 bits per heavy atom. The summed E-state index contributed by atoms with van der Waals surface area (Å²) in [5.74, 6) is 1.84. The molecule has 1 saturated heterocycles. The van der Waals surface area contributed by atoms with Crippen LogP contribution in [0.25, 0.3) is 11.3 Å². The zero-order chi connectivity index (χ0) is 18.6. The lowest BCUT2D eigenvalue weighted by Crippen LogP contribution is -2.46. The van der Waals surface area contributed by atoms with Gasteiger partial charge in [-0.3, -0.25) is 14.6 Å². The molecule has 7 nitrogen and oxygen atoms in total. The van der Waals surface area contributed by atoms with E-state index in [1.807, 2.05) is 37.8 Å². The predicted molar refractivity (Wildman–Crippen MR) is 105 cm³/mol. The average molecular weight is 364 g/mol. The number of rotatable bonds is 5. The van der Waals surface area contributed by atoms with Gasteiger partial charge in [0, 0.05) is 51.5 Å². The monoisotopic (exact) mass is 364 g/mol. The van der Waals surface area contributed by atoms with E-state index >= 15 is 0 Å². The molecule has 0 aliphatic carbocycles. The largest absolute Gasteiger partial charge is 0.497 e. The number of methoxy groups -OCH3 is 1. The molecule has 1 aromatic carbocycles. The lowest BCUT2D eigenvalue weighted by molar-refractivity contribution is 0.249. The Labute approximate surface area is 159 Å². The van der Waals surface area contributed by atoms with Crippen LogP contribution in [-0.4, -0.2) is 57.9 Å². The van der Waals surface area contributed by atoms with Crippen LogP contribution in [0.2, 0.25) is 0 Å². The second-order valence-corrected chi connectivity index (χ2v) is 6.78. The molecule has 0 unspecified atom stereocenters. The summed E-state index contributed by atoms with van der Waals surface area (Å²) in [5.41, 5.74) is 3.13. The SMILES string of the molecule is COc1cccc(CN2CCN(c3cncc(-c4cnn(C)c4)n3)CC2)c1. The third-order valence-corrected chi connectivity index (χ3v) is 4.86. The Morgan fingerprint density at radius 2 is 1.93 bits per heavy atom. The number of aryl methyl sites for hydroxylation is 1. The molecule has 1 aliphatic heterocycles. The Hall–Kier alpha value is -2.93. The van der Waals surface area contributed by atoms with Crippen LogP contribution < -0.4 is 9.64 Å². The van der Waals surface area contributed by atoms with E-state index in [0.717, 1.165) is 55.5 Å². The van der Waals surface area contributed by atoms with Gasteiger partial charge in [-0.25, -0.2) is 4.98 Å². The quantitative estimate of drug-likeness (QED) is 0.692. The minimum Gasteiger partial charge on any atom is -0.497 e. The van der Waals surface area contributed by atoms with Crippen molar-refractivity contribution in [2.75, 3.05) is 38.2 Å². The molecule has 140 valence electrons. The van der Waals surface area contributed by atoms with Crippen LogP contribution in [-0.2, 0) is 13.6 Å². The molecule has 1 fully saturated rings. The smallest absolute Gasteiger partial charge is 0.147 e. The number of nitrogens with zero attached hydrogens (tertiary/aromatic N) is 6. The maximum atomic E-state index is 5.32. The van der Waals surface area contributed by atoms with Crippen LogP contribution in [0.3, 0.4) is 0 Å². The standard InChI is InChI=1S/C20H24N6O/c1-24-15-17(11-22-24)19-12-21-13-20(23-19)26-8-6-25(7-9-26)14-16-4-3-5-18(10-16)27-2/h3-5,10-13,15H,6-9,14H2,1-2H3. The van der Waals surface area contributed by atoms with Crippen LogP contribution in [0.1, 0.15) is 5.56 Å². The van der Waals surface area contributed by atoms with Crippen molar-refractivity contribution in [1.82, 2.24) is 24.6 Å². The minimum absolute atomic E-state index is 0.861. The summed E-state index contributed by atoms with van der Waals surface area (Å²) >= 11 is 0. The predicted octanol–water partition coefficient (Wildman–Crippen LogP) is 2.21. The van der Waals surface area contributed by atoms with Gasteiger partial charge in [0.15, 0.2) is 0 Å². The topological polar surface area (TPSA) is 59.3 Å². The molecule has 4 rings (SSSR count). The Morgan fingerprint density at radius 3 is 2.67 bits per heavy atom. The van der Waals surface area contributed by atoms with Crippen LogP contribution in [0, 0.1) is 0 Å². The van der Waals surface area contributed by atoms with E-state index in [1.165, 1.54) is 5.56 Å². The van der Waals surface area contributed by atoms with Crippen molar-refractivity contribution in [3.8, 4) is 17.0 Å². The molecule has 0 radical (unpaired) electrons. The molecule has 0 atom stereocenters. The third kappa shape index (κ3) is 4.09. The van der Waals surface area contributed by atoms with Gasteiger partial charge in [0.1, 0.15) is 11.6 Å². The van der Waals surface area contributed by atoms with Crippen LogP contribution >= 0.6 is 0 Å². The molecule has 2 aromatic heterocycles. The van der Waals surface area contributed by atoms with Crippen LogP contribution in [0.15, 0.2) is 49.1 Å². The number of ether oxygens (including phenoxy) is 1. The molecular formula is C20H24N6O. The van der Waals surface area contributed by atoms with Crippen molar-refractivity contribution >= 4 is 5.82 Å². The lowest BCUT2D eigenvalue weighted by Gasteiger charge is -2.35. The molecule has 27 heavy (non-hydrogen) atoms. The Kier molecular flexibility index (Phi) is 5.02. The summed E-state index contributed by atoms with van der Waals surface area (Å²) in [7, 11) is 3.61. The molecule has 0 amide bonds. The fourth-order valence-corrected chi connectivity index (χ4v) is 3.36. The highest BCUT2D eigenvalue weighted by molar-refractivity contribution is 5.58. The fourth-order valence-electron chi connectivity index (χ4n) is 3.36. The first kappa shape index (κ1) is 17.5. The van der Waals surface area contributed by atoms with Gasteiger partial charge in [0.2, 0.25) is 0 Å². The van der Waals surface area contributed by atoms with E-state index < -0.39 is 0 Å². The van der Waals surface area contributed by atoms with Crippen molar-refractivity contribution in [3.63, 3.8) is 0 Å². The zero-order valence-corrected chi connectivity index (χ0v) is 15.7. The number of piperazine rings is 1. The van der Waals surface area contributed by atoms with Crippen molar-refractivity contribution in [2.45, 2.75) is 6.54 Å². The van der Waals surface area contributed by atoms with Gasteiger partial charge in [0.05, 0.1) is 31.4 Å². The van der Waals surface area contributed by atoms with Crippen molar-refractivity contribution < 1.29 is 4.74 Å². The molecule has 1 aliphatic rings. The van der Waals surface area contributed by atoms with Gasteiger partial charge in [-0.15, -0.1) is 0 Å². The first-order valence-corrected chi connectivity index (χ1v) is 9.12. The van der Waals surface area contributed by atoms with Gasteiger partial charge in [-0.1, -0.05) is 12.1 Å². The average Bonchev–Trinajstić information content (AvgIpc) is 3.15. The lowest BCUT2D eigenvalue weighted by atomic mass is 10.2. The molecule has 0 bridgehead atoms. The molecule has 3 aromatic rings. The third-order valence-electron chi connectivity index (χ3n) is 4.86. The number of hydrogen-bond donors (Lipinski definition) is 0. The van der Waals surface area contributed by atoms with E-state index in [0.29, 0.717) is 0 Å². The van der Waals surface area contributed by atoms with E-state index in [9.17, 15) is 0 Å². The summed E-state index contributed by atoms with van der Waals surface area (Å²) in [6, 6.07) is 8.28. The molecule has 0 N–H and O–H groups in total. The minimum atomic E-state index is 0.861. The van der Waals surface area contributed by atoms with Crippen molar-refractivity contribution in [1.29, 1.82) is 0 Å². The van der Waals surface area contributed by atoms with Gasteiger partial charge in [0.25, 0.3) is 0 Å². The highest BCUT2D eigenvalue weighted by Gasteiger charge is 2.19. The first-order chi connectivity index (χ1) is 13.2. The van der Waals surface area contributed by atoms with E-state index in [-0.39, 0.29) is 0 Å². The Bertz CT molecular complexity index is 901. The molecule has 3 heterocycles. The summed E-state index contributed by atoms with van der Waals surface area (Å²) in [6.07, 6.45) is 7.41. The summed E-state index contributed by atoms with van der Waals surface area (Å²) < 4.78 is 7.10. The molecular weight excluding hydrogens is 340 g/mol. The van der Waals surface area contributed by atoms with E-state index in [1.54, 1.807) is 18.0 Å². The fraction of sp³-hybridized carbons (Fsp3) is 0.350. The molecule has 0 spiro atoms. The van der Waals surface area contributed by atoms with Gasteiger partial charge in [-0.2, -0.15) is 5.10 Å². The maximum absolute atomic E-state index is 5.32. The number of aromatic nitrogens is 4. The number of benzene rings is 1. The van der Waals surface area contributed by atoms with Gasteiger partial charge in [-0.05, 0) is 17.7 Å². The van der Waals surface area contributed by atoms with E-state index in [4.69, 9.17) is 9.72 Å². The normalized spacial score (nSPS) is 15.1. The second kappa shape index (κ2) is 7.75. The van der Waals surface area contributed by atoms with Crippen molar-refractivity contribution in [3.05, 3.63) is 54.6 Å². The van der Waals surface area contributed by atoms with Gasteiger partial charge >= 0.3 is 0 Å². The number of anilines is 1. The van der Waals surface area contributed by atoms with Crippen LogP contribution in [0.4, 0.5) is 5.82 Å². The molecule has 0 saturated carbocycles. The second-order valence-electron chi connectivity index (χ2n) is 6.78. The Balaban J connectivity index is 1.39. The highest BCUT2D eigenvalue weighted by Crippen LogP contribution is 2.20. The summed E-state index contributed by atoms with van der Waals surface area (Å²) in [5, 5.41) is 4.22. The molecule has 7 heteroatoms. The van der Waals surface area contributed by atoms with E-state index in [2.05, 4.69) is 32.0 Å². The maximum Gasteiger partial charge on any atom is 0.147 e. The highest BCUT2D eigenvalue weighted by atomic mass is 16.5. The summed E-state index contributed by atoms with van der Waals surface area (Å²) in [4.78, 5) is 13.9. The number of hydrogen-bond acceptors (Lipinski definition) is 6. The van der Waals surface area contributed by atoms with Gasteiger partial charge < -0.3 is 9.64 Å². The first-order valence-electron chi connectivity index (χ1n) is 9.12. The van der Waals surface area contributed by atoms with Crippen LogP contribution in [0.5, 0.6) is 5.75 Å². The van der Waals surface area contributed by atoms with Crippen molar-refractivity contribution in [2.24, 2.45) is 7.05 Å². The zero-order valence-electron chi connectivity index (χ0n) is 15.7.